The molecule has 0 saturated heterocycles. The predicted octanol–water partition coefficient (Wildman–Crippen LogP) is 3.33. The number of pyridine rings is 1. The van der Waals surface area contributed by atoms with Crippen LogP contribution in [-0.4, -0.2) is 56.9 Å². The lowest BCUT2D eigenvalue weighted by molar-refractivity contribution is 0.0780. The van der Waals surface area contributed by atoms with Crippen LogP contribution in [0.2, 0.25) is 0 Å². The van der Waals surface area contributed by atoms with Crippen LogP contribution in [0.3, 0.4) is 0 Å². The van der Waals surface area contributed by atoms with Crippen LogP contribution in [0, 0.1) is 17.4 Å². The second-order valence-electron chi connectivity index (χ2n) is 8.42. The van der Waals surface area contributed by atoms with Crippen molar-refractivity contribution in [2.45, 2.75) is 64.2 Å². The van der Waals surface area contributed by atoms with Crippen molar-refractivity contribution in [1.82, 2.24) is 9.29 Å². The van der Waals surface area contributed by atoms with Crippen LogP contribution < -0.4 is 10.6 Å². The summed E-state index contributed by atoms with van der Waals surface area (Å²) >= 11 is -2.22. The Bertz CT molecular complexity index is 752. The van der Waals surface area contributed by atoms with Gasteiger partial charge in [0.15, 0.2) is 0 Å². The van der Waals surface area contributed by atoms with E-state index in [1.165, 1.54) is 36.4 Å². The zero-order chi connectivity index (χ0) is 23.7. The van der Waals surface area contributed by atoms with Crippen LogP contribution in [0.25, 0.3) is 0 Å². The lowest BCUT2D eigenvalue weighted by atomic mass is 9.90. The van der Waals surface area contributed by atoms with Crippen molar-refractivity contribution >= 4 is 22.9 Å². The van der Waals surface area contributed by atoms with Gasteiger partial charge < -0.3 is 19.9 Å². The molecule has 1 aliphatic carbocycles. The first-order valence-electron chi connectivity index (χ1n) is 11.9. The maximum Gasteiger partial charge on any atom is 0.211 e. The molecule has 2 rings (SSSR count). The molecule has 0 aliphatic heterocycles. The summed E-state index contributed by atoms with van der Waals surface area (Å²) in [6.45, 7) is 2.80. The molecule has 9 nitrogen and oxygen atoms in total. The molecule has 33 heavy (non-hydrogen) atoms. The Morgan fingerprint density at radius 2 is 1.82 bits per heavy atom. The van der Waals surface area contributed by atoms with Gasteiger partial charge in [-0.1, -0.05) is 38.5 Å². The third-order valence-corrected chi connectivity index (χ3v) is 6.77. The van der Waals surface area contributed by atoms with Gasteiger partial charge in [-0.3, -0.25) is 9.19 Å². The quantitative estimate of drug-likeness (QED) is 0.135. The maximum atomic E-state index is 11.5. The number of hydrogen-bond donors (Lipinski definition) is 1. The van der Waals surface area contributed by atoms with Gasteiger partial charge in [0, 0.05) is 55.6 Å². The standard InChI is InChI=1S/C23H38N6O3S/c24-20-27-23(25)29(22-11-13-26-14-12-22)16-8-3-1-2-7-15-28(33(30)31)17-18-32-19-21-9-5-4-6-10-21/h11-14,21H,1-10,15-19H2,(H2,25,27)(H,30,31)/p-1. The molecule has 1 aliphatic rings. The van der Waals surface area contributed by atoms with E-state index < -0.39 is 11.3 Å². The SMILES string of the molecule is N#CN=C(N)N(CCCCCCCN(CCOCC1CCCCC1)S(=O)[O-])c1ccncc1. The highest BCUT2D eigenvalue weighted by molar-refractivity contribution is 7.76. The second-order valence-corrected chi connectivity index (χ2v) is 9.37. The number of nitrogens with zero attached hydrogens (tertiary/aromatic N) is 5. The fourth-order valence-electron chi connectivity index (χ4n) is 4.13. The van der Waals surface area contributed by atoms with Gasteiger partial charge in [0.1, 0.15) is 0 Å². The molecule has 1 aromatic rings. The van der Waals surface area contributed by atoms with Gasteiger partial charge in [0.25, 0.3) is 0 Å². The van der Waals surface area contributed by atoms with Gasteiger partial charge in [0.2, 0.25) is 12.2 Å². The number of rotatable bonds is 15. The molecule has 2 N–H and O–H groups in total. The highest BCUT2D eigenvalue weighted by Gasteiger charge is 2.14. The smallest absolute Gasteiger partial charge is 0.211 e. The van der Waals surface area contributed by atoms with E-state index in [2.05, 4.69) is 9.98 Å². The normalized spacial score (nSPS) is 16.0. The molecule has 0 aromatic carbocycles. The number of nitriles is 1. The number of hydrogen-bond acceptors (Lipinski definition) is 6. The summed E-state index contributed by atoms with van der Waals surface area (Å²) in [6.07, 6.45) is 16.1. The Labute approximate surface area is 200 Å². The number of guanidine groups is 1. The summed E-state index contributed by atoms with van der Waals surface area (Å²) < 4.78 is 30.2. The summed E-state index contributed by atoms with van der Waals surface area (Å²) in [5.74, 6) is 0.809. The van der Waals surface area contributed by atoms with Crippen molar-refractivity contribution in [3.8, 4) is 6.19 Å². The van der Waals surface area contributed by atoms with Crippen LogP contribution >= 0.6 is 0 Å². The van der Waals surface area contributed by atoms with Gasteiger partial charge in [-0.05, 0) is 43.7 Å². The molecule has 1 fully saturated rings. The number of anilines is 1. The van der Waals surface area contributed by atoms with Crippen molar-refractivity contribution in [2.75, 3.05) is 37.7 Å². The average molecular weight is 478 g/mol. The third kappa shape index (κ3) is 11.1. The highest BCUT2D eigenvalue weighted by atomic mass is 32.2. The zero-order valence-corrected chi connectivity index (χ0v) is 20.3. The number of unbranched alkanes of at least 4 members (excludes halogenated alkanes) is 4. The number of ether oxygens (including phenoxy) is 1. The number of aliphatic imine (C=N–C) groups is 1. The van der Waals surface area contributed by atoms with E-state index >= 15 is 0 Å². The predicted molar refractivity (Wildman–Crippen MR) is 130 cm³/mol. The van der Waals surface area contributed by atoms with E-state index in [1.807, 2.05) is 12.1 Å². The van der Waals surface area contributed by atoms with Crippen LogP contribution in [0.4, 0.5) is 5.69 Å². The fraction of sp³-hybridized carbons (Fsp3) is 0.696. The van der Waals surface area contributed by atoms with Gasteiger partial charge >= 0.3 is 0 Å². The Morgan fingerprint density at radius 1 is 1.15 bits per heavy atom. The molecular weight excluding hydrogens is 440 g/mol. The Hall–Kier alpha value is -2.06. The van der Waals surface area contributed by atoms with Crippen molar-refractivity contribution in [3.63, 3.8) is 0 Å². The molecule has 1 atom stereocenters. The second kappa shape index (κ2) is 16.5. The summed E-state index contributed by atoms with van der Waals surface area (Å²) in [5.41, 5.74) is 6.78. The lowest BCUT2D eigenvalue weighted by Crippen LogP contribution is -2.38. The van der Waals surface area contributed by atoms with E-state index in [-0.39, 0.29) is 5.96 Å². The molecular formula is C23H37N6O3S-. The minimum Gasteiger partial charge on any atom is -0.760 e. The van der Waals surface area contributed by atoms with Gasteiger partial charge in [-0.15, -0.1) is 4.99 Å². The Kier molecular flexibility index (Phi) is 13.6. The summed E-state index contributed by atoms with van der Waals surface area (Å²) in [4.78, 5) is 9.47. The first-order chi connectivity index (χ1) is 16.1. The van der Waals surface area contributed by atoms with Gasteiger partial charge in [-0.2, -0.15) is 5.26 Å². The van der Waals surface area contributed by atoms with Crippen molar-refractivity contribution < 1.29 is 13.5 Å². The number of aromatic nitrogens is 1. The molecule has 1 heterocycles. The summed E-state index contributed by atoms with van der Waals surface area (Å²) in [7, 11) is 0. The highest BCUT2D eigenvalue weighted by Crippen LogP contribution is 2.23. The van der Waals surface area contributed by atoms with E-state index in [4.69, 9.17) is 15.7 Å². The topological polar surface area (TPSA) is 131 Å². The first kappa shape index (κ1) is 27.2. The maximum absolute atomic E-state index is 11.5. The largest absolute Gasteiger partial charge is 0.760 e. The molecule has 0 spiro atoms. The Morgan fingerprint density at radius 3 is 2.48 bits per heavy atom. The van der Waals surface area contributed by atoms with Crippen molar-refractivity contribution in [2.24, 2.45) is 16.6 Å². The molecule has 1 unspecified atom stereocenters. The van der Waals surface area contributed by atoms with Gasteiger partial charge in [0.05, 0.1) is 6.61 Å². The van der Waals surface area contributed by atoms with Crippen LogP contribution in [0.5, 0.6) is 0 Å². The molecule has 1 saturated carbocycles. The molecule has 1 aromatic heterocycles. The number of nitrogens with two attached hydrogens (primary N) is 1. The minimum atomic E-state index is -2.22. The van der Waals surface area contributed by atoms with Gasteiger partial charge in [-0.25, -0.2) is 4.31 Å². The molecule has 10 heteroatoms. The minimum absolute atomic E-state index is 0.169. The lowest BCUT2D eigenvalue weighted by Gasteiger charge is -2.25. The molecule has 0 bridgehead atoms. The summed E-state index contributed by atoms with van der Waals surface area (Å²) in [5, 5.41) is 8.80. The van der Waals surface area contributed by atoms with Crippen molar-refractivity contribution in [3.05, 3.63) is 24.5 Å². The Balaban J connectivity index is 1.59. The van der Waals surface area contributed by atoms with Crippen LogP contribution in [0.15, 0.2) is 29.5 Å². The monoisotopic (exact) mass is 477 g/mol. The molecule has 184 valence electrons. The third-order valence-electron chi connectivity index (χ3n) is 5.98. The van der Waals surface area contributed by atoms with Crippen molar-refractivity contribution in [1.29, 1.82) is 5.26 Å². The van der Waals surface area contributed by atoms with E-state index in [9.17, 15) is 8.76 Å². The average Bonchev–Trinajstić information content (AvgIpc) is 2.83. The summed E-state index contributed by atoms with van der Waals surface area (Å²) in [6, 6.07) is 3.66. The molecule has 0 radical (unpaired) electrons. The van der Waals surface area contributed by atoms with E-state index in [1.54, 1.807) is 23.5 Å². The van der Waals surface area contributed by atoms with Crippen LogP contribution in [-0.2, 0) is 16.0 Å². The van der Waals surface area contributed by atoms with Crippen LogP contribution in [0.1, 0.15) is 64.2 Å². The first-order valence-corrected chi connectivity index (χ1v) is 13.0. The molecule has 0 amide bonds. The fourth-order valence-corrected chi connectivity index (χ4v) is 4.63. The van der Waals surface area contributed by atoms with E-state index in [0.717, 1.165) is 44.4 Å². The zero-order valence-electron chi connectivity index (χ0n) is 19.4. The van der Waals surface area contributed by atoms with E-state index in [0.29, 0.717) is 32.2 Å².